The van der Waals surface area contributed by atoms with Crippen LogP contribution in [0.15, 0.2) is 59.9 Å². The number of nitrogens with one attached hydrogen (secondary N) is 2. The molecule has 34 heavy (non-hydrogen) atoms. The molecule has 0 aromatic heterocycles. The summed E-state index contributed by atoms with van der Waals surface area (Å²) in [7, 11) is 0. The van der Waals surface area contributed by atoms with Crippen molar-refractivity contribution in [3.63, 3.8) is 0 Å². The molecule has 2 aliphatic rings. The maximum absolute atomic E-state index is 12.7. The molecule has 1 fully saturated rings. The largest absolute Gasteiger partial charge is 0.459 e. The highest BCUT2D eigenvalue weighted by atomic mass is 35.5. The summed E-state index contributed by atoms with van der Waals surface area (Å²) in [6.45, 7) is 3.67. The van der Waals surface area contributed by atoms with Gasteiger partial charge in [-0.2, -0.15) is 0 Å². The fourth-order valence-corrected chi connectivity index (χ4v) is 3.69. The van der Waals surface area contributed by atoms with Gasteiger partial charge in [0, 0.05) is 6.42 Å². The Labute approximate surface area is 201 Å². The van der Waals surface area contributed by atoms with E-state index in [0.29, 0.717) is 11.1 Å². The minimum atomic E-state index is -0.792. The molecule has 2 heterocycles. The predicted molar refractivity (Wildman–Crippen MR) is 123 cm³/mol. The molecule has 3 unspecified atom stereocenters. The first-order valence-corrected chi connectivity index (χ1v) is 11.1. The van der Waals surface area contributed by atoms with Crippen molar-refractivity contribution in [2.24, 2.45) is 0 Å². The standard InChI is InChI=1S/C24H24ClN3O6/c1-14-3-7-16(8-4-14)22(29)32-13-19-18(34-23(30)17-9-5-15(2)6-10-17)11-21(33-19)28-24(31)27-20(25)12-26-28/h3-10,12,18-19,21,26H,11,13H2,1-2H3,(H,27,31). The van der Waals surface area contributed by atoms with Crippen LogP contribution in [0.25, 0.3) is 0 Å². The molecular formula is C24H24ClN3O6. The van der Waals surface area contributed by atoms with Gasteiger partial charge in [0.15, 0.2) is 6.23 Å². The van der Waals surface area contributed by atoms with Crippen LogP contribution in [-0.2, 0) is 14.2 Å². The second-order valence-electron chi connectivity index (χ2n) is 8.06. The Balaban J connectivity index is 1.46. The van der Waals surface area contributed by atoms with Crippen LogP contribution in [0.2, 0.25) is 0 Å². The van der Waals surface area contributed by atoms with E-state index in [2.05, 4.69) is 10.7 Å². The number of hydrogen-bond donors (Lipinski definition) is 2. The average molecular weight is 486 g/mol. The van der Waals surface area contributed by atoms with Gasteiger partial charge in [0.2, 0.25) is 0 Å². The number of hydrazine groups is 1. The first-order chi connectivity index (χ1) is 16.3. The molecule has 0 radical (unpaired) electrons. The van der Waals surface area contributed by atoms with Crippen molar-refractivity contribution in [3.05, 3.63) is 82.1 Å². The second-order valence-corrected chi connectivity index (χ2v) is 8.47. The molecule has 1 saturated heterocycles. The minimum Gasteiger partial charge on any atom is -0.459 e. The van der Waals surface area contributed by atoms with Crippen molar-refractivity contribution in [2.75, 3.05) is 6.61 Å². The summed E-state index contributed by atoms with van der Waals surface area (Å²) in [6, 6.07) is 13.4. The first-order valence-electron chi connectivity index (χ1n) is 10.7. The Morgan fingerprint density at radius 2 is 1.62 bits per heavy atom. The van der Waals surface area contributed by atoms with Gasteiger partial charge in [-0.15, -0.1) is 0 Å². The minimum absolute atomic E-state index is 0.130. The van der Waals surface area contributed by atoms with Gasteiger partial charge in [-0.25, -0.2) is 19.4 Å². The lowest BCUT2D eigenvalue weighted by molar-refractivity contribution is -0.0798. The summed E-state index contributed by atoms with van der Waals surface area (Å²) in [5, 5.41) is 3.79. The van der Waals surface area contributed by atoms with Crippen LogP contribution in [0.5, 0.6) is 0 Å². The number of esters is 2. The zero-order valence-corrected chi connectivity index (χ0v) is 19.4. The fraction of sp³-hybridized carbons (Fsp3) is 0.292. The van der Waals surface area contributed by atoms with Crippen molar-refractivity contribution < 1.29 is 28.6 Å². The number of rotatable bonds is 6. The molecule has 3 atom stereocenters. The molecule has 2 aromatic carbocycles. The Hall–Kier alpha value is -3.56. The van der Waals surface area contributed by atoms with Crippen molar-refractivity contribution in [1.82, 2.24) is 15.8 Å². The van der Waals surface area contributed by atoms with Gasteiger partial charge in [-0.1, -0.05) is 47.0 Å². The molecule has 4 rings (SSSR count). The monoisotopic (exact) mass is 485 g/mol. The Morgan fingerprint density at radius 1 is 1.03 bits per heavy atom. The van der Waals surface area contributed by atoms with E-state index in [1.807, 2.05) is 38.1 Å². The number of halogens is 1. The number of nitrogens with zero attached hydrogens (tertiary/aromatic N) is 1. The van der Waals surface area contributed by atoms with Crippen LogP contribution >= 0.6 is 11.6 Å². The third-order valence-electron chi connectivity index (χ3n) is 5.46. The van der Waals surface area contributed by atoms with E-state index in [1.165, 1.54) is 11.2 Å². The lowest BCUT2D eigenvalue weighted by Gasteiger charge is -2.30. The highest BCUT2D eigenvalue weighted by Crippen LogP contribution is 2.28. The van der Waals surface area contributed by atoms with Gasteiger partial charge in [0.1, 0.15) is 24.0 Å². The van der Waals surface area contributed by atoms with E-state index >= 15 is 0 Å². The predicted octanol–water partition coefficient (Wildman–Crippen LogP) is 3.37. The van der Waals surface area contributed by atoms with E-state index in [-0.39, 0.29) is 18.2 Å². The summed E-state index contributed by atoms with van der Waals surface area (Å²) in [5.74, 6) is -1.07. The third-order valence-corrected chi connectivity index (χ3v) is 5.66. The number of carbonyl (C=O) groups is 3. The lowest BCUT2D eigenvalue weighted by Crippen LogP contribution is -2.54. The number of urea groups is 1. The molecular weight excluding hydrogens is 462 g/mol. The quantitative estimate of drug-likeness (QED) is 0.477. The molecule has 2 N–H and O–H groups in total. The molecule has 0 saturated carbocycles. The topological polar surface area (TPSA) is 106 Å². The Morgan fingerprint density at radius 3 is 2.21 bits per heavy atom. The number of aryl methyl sites for hydroxylation is 2. The maximum atomic E-state index is 12.7. The maximum Gasteiger partial charge on any atom is 0.343 e. The third kappa shape index (κ3) is 5.49. The van der Waals surface area contributed by atoms with Crippen LogP contribution in [0, 0.1) is 13.8 Å². The number of ether oxygens (including phenoxy) is 3. The van der Waals surface area contributed by atoms with Crippen LogP contribution in [0.4, 0.5) is 4.79 Å². The SMILES string of the molecule is Cc1ccc(C(=O)OCC2OC(N3NC=C(Cl)NC3=O)CC2OC(=O)c2ccc(C)cc2)cc1. The highest BCUT2D eigenvalue weighted by molar-refractivity contribution is 6.30. The van der Waals surface area contributed by atoms with Gasteiger partial charge in [-0.05, 0) is 38.1 Å². The normalized spacial score (nSPS) is 21.9. The van der Waals surface area contributed by atoms with Crippen LogP contribution in [-0.4, -0.2) is 48.0 Å². The van der Waals surface area contributed by atoms with Crippen molar-refractivity contribution in [2.45, 2.75) is 38.7 Å². The first kappa shape index (κ1) is 23.6. The zero-order chi connectivity index (χ0) is 24.2. The summed E-state index contributed by atoms with van der Waals surface area (Å²) in [4.78, 5) is 37.5. The highest BCUT2D eigenvalue weighted by Gasteiger charge is 2.43. The van der Waals surface area contributed by atoms with E-state index in [4.69, 9.17) is 25.8 Å². The zero-order valence-electron chi connectivity index (χ0n) is 18.6. The molecule has 10 heteroatoms. The van der Waals surface area contributed by atoms with Crippen LogP contribution in [0.1, 0.15) is 38.3 Å². The van der Waals surface area contributed by atoms with E-state index in [1.54, 1.807) is 24.3 Å². The molecule has 178 valence electrons. The van der Waals surface area contributed by atoms with Crippen LogP contribution in [0.3, 0.4) is 0 Å². The van der Waals surface area contributed by atoms with E-state index in [0.717, 1.165) is 11.1 Å². The Kier molecular flexibility index (Phi) is 7.04. The molecule has 0 spiro atoms. The summed E-state index contributed by atoms with van der Waals surface area (Å²) in [5.41, 5.74) is 5.55. The molecule has 2 amide bonds. The average Bonchev–Trinajstić information content (AvgIpc) is 3.20. The molecule has 0 bridgehead atoms. The molecule has 0 aliphatic carbocycles. The van der Waals surface area contributed by atoms with Gasteiger partial charge in [0.25, 0.3) is 0 Å². The number of benzene rings is 2. The van der Waals surface area contributed by atoms with Gasteiger partial charge in [0.05, 0.1) is 17.3 Å². The molecule has 2 aliphatic heterocycles. The number of carbonyl (C=O) groups excluding carboxylic acids is 3. The Bertz CT molecular complexity index is 1100. The van der Waals surface area contributed by atoms with Crippen molar-refractivity contribution in [3.8, 4) is 0 Å². The van der Waals surface area contributed by atoms with E-state index in [9.17, 15) is 14.4 Å². The van der Waals surface area contributed by atoms with Crippen molar-refractivity contribution in [1.29, 1.82) is 0 Å². The summed E-state index contributed by atoms with van der Waals surface area (Å²) < 4.78 is 17.1. The van der Waals surface area contributed by atoms with E-state index < -0.39 is 36.4 Å². The summed E-state index contributed by atoms with van der Waals surface area (Å²) >= 11 is 5.81. The van der Waals surface area contributed by atoms with Gasteiger partial charge >= 0.3 is 18.0 Å². The lowest BCUT2D eigenvalue weighted by atomic mass is 10.1. The van der Waals surface area contributed by atoms with Gasteiger partial charge < -0.3 is 14.2 Å². The molecule has 2 aromatic rings. The number of hydrogen-bond acceptors (Lipinski definition) is 7. The second kappa shape index (κ2) is 10.1. The summed E-state index contributed by atoms with van der Waals surface area (Å²) in [6.07, 6.45) is -0.786. The van der Waals surface area contributed by atoms with Crippen molar-refractivity contribution >= 4 is 29.6 Å². The van der Waals surface area contributed by atoms with Gasteiger partial charge in [-0.3, -0.25) is 10.7 Å². The van der Waals surface area contributed by atoms with Crippen LogP contribution < -0.4 is 10.7 Å². The number of amides is 2. The molecule has 9 nitrogen and oxygen atoms in total. The fourth-order valence-electron chi connectivity index (χ4n) is 3.56. The smallest absolute Gasteiger partial charge is 0.343 e.